The molecule has 9 heteroatoms. The first-order valence-corrected chi connectivity index (χ1v) is 9.79. The van der Waals surface area contributed by atoms with Crippen molar-refractivity contribution in [1.29, 1.82) is 0 Å². The highest BCUT2D eigenvalue weighted by Crippen LogP contribution is 2.33. The molecule has 1 amide bonds. The number of nitrogens with one attached hydrogen (secondary N) is 1. The molecule has 0 saturated heterocycles. The second kappa shape index (κ2) is 8.90. The lowest BCUT2D eigenvalue weighted by molar-refractivity contribution is 0.0466. The third-order valence-corrected chi connectivity index (χ3v) is 4.32. The number of alkyl carbamates (subject to hydrolysis) is 1. The van der Waals surface area contributed by atoms with Gasteiger partial charge in [-0.1, -0.05) is 11.6 Å². The van der Waals surface area contributed by atoms with E-state index in [0.29, 0.717) is 24.0 Å². The van der Waals surface area contributed by atoms with Crippen LogP contribution in [0.1, 0.15) is 48.0 Å². The molecular formula is C20H28ClN3O5. The summed E-state index contributed by atoms with van der Waals surface area (Å²) in [5.41, 5.74) is 0.222. The fourth-order valence-electron chi connectivity index (χ4n) is 2.63. The minimum atomic E-state index is -0.817. The standard InChI is InChI=1S/C20H28ClN3O5/c1-7-27-18(26)28-14-9-8-13-16(15(14)21)24(12-22-13)11-10-20(5,6)23-17(25)29-19(2,3)4/h8-9,12H,7,10-11H2,1-6H3,(H,23,25). The Morgan fingerprint density at radius 1 is 1.21 bits per heavy atom. The number of aromatic nitrogens is 2. The molecule has 0 bridgehead atoms. The largest absolute Gasteiger partial charge is 0.513 e. The summed E-state index contributed by atoms with van der Waals surface area (Å²) in [4.78, 5) is 28.0. The van der Waals surface area contributed by atoms with Crippen LogP contribution in [0.5, 0.6) is 5.75 Å². The zero-order chi connectivity index (χ0) is 21.8. The fraction of sp³-hybridized carbons (Fsp3) is 0.550. The highest BCUT2D eigenvalue weighted by atomic mass is 35.5. The molecule has 1 N–H and O–H groups in total. The lowest BCUT2D eigenvalue weighted by Gasteiger charge is -2.28. The molecule has 0 aliphatic rings. The van der Waals surface area contributed by atoms with Crippen LogP contribution in [0.25, 0.3) is 11.0 Å². The number of rotatable bonds is 6. The SMILES string of the molecule is CCOC(=O)Oc1ccc2ncn(CCC(C)(C)NC(=O)OC(C)(C)C)c2c1Cl. The van der Waals surface area contributed by atoms with Crippen LogP contribution in [0, 0.1) is 0 Å². The van der Waals surface area contributed by atoms with Crippen molar-refractivity contribution in [1.82, 2.24) is 14.9 Å². The minimum absolute atomic E-state index is 0.200. The lowest BCUT2D eigenvalue weighted by Crippen LogP contribution is -2.46. The Kier molecular flexibility index (Phi) is 7.00. The molecule has 0 spiro atoms. The molecule has 0 radical (unpaired) electrons. The number of amides is 1. The topological polar surface area (TPSA) is 91.7 Å². The van der Waals surface area contributed by atoms with Crippen LogP contribution in [-0.4, -0.2) is 39.5 Å². The summed E-state index contributed by atoms with van der Waals surface area (Å²) in [6, 6.07) is 3.29. The van der Waals surface area contributed by atoms with Gasteiger partial charge in [-0.3, -0.25) is 0 Å². The maximum absolute atomic E-state index is 12.1. The molecule has 1 heterocycles. The minimum Gasteiger partial charge on any atom is -0.444 e. The summed E-state index contributed by atoms with van der Waals surface area (Å²) in [5.74, 6) is 0.200. The van der Waals surface area contributed by atoms with Crippen LogP contribution in [0.3, 0.4) is 0 Å². The van der Waals surface area contributed by atoms with Crippen molar-refractivity contribution in [3.8, 4) is 5.75 Å². The second-order valence-corrected chi connectivity index (χ2v) is 8.61. The molecule has 29 heavy (non-hydrogen) atoms. The Morgan fingerprint density at radius 3 is 2.52 bits per heavy atom. The summed E-state index contributed by atoms with van der Waals surface area (Å²) >= 11 is 6.46. The molecule has 2 rings (SSSR count). The van der Waals surface area contributed by atoms with Crippen molar-refractivity contribution >= 4 is 34.9 Å². The number of aryl methyl sites for hydroxylation is 1. The van der Waals surface area contributed by atoms with E-state index in [2.05, 4.69) is 10.3 Å². The maximum Gasteiger partial charge on any atom is 0.513 e. The zero-order valence-electron chi connectivity index (χ0n) is 17.7. The molecule has 160 valence electrons. The van der Waals surface area contributed by atoms with Gasteiger partial charge < -0.3 is 24.1 Å². The number of ether oxygens (including phenoxy) is 3. The van der Waals surface area contributed by atoms with E-state index in [1.54, 1.807) is 25.4 Å². The maximum atomic E-state index is 12.1. The van der Waals surface area contributed by atoms with Crippen molar-refractivity contribution in [2.24, 2.45) is 0 Å². The van der Waals surface area contributed by atoms with Crippen molar-refractivity contribution < 1.29 is 23.8 Å². The molecule has 1 aromatic heterocycles. The van der Waals surface area contributed by atoms with Gasteiger partial charge >= 0.3 is 12.2 Å². The van der Waals surface area contributed by atoms with Crippen molar-refractivity contribution in [3.63, 3.8) is 0 Å². The van der Waals surface area contributed by atoms with Crippen molar-refractivity contribution in [3.05, 3.63) is 23.5 Å². The summed E-state index contributed by atoms with van der Waals surface area (Å²) in [7, 11) is 0. The molecule has 0 aliphatic heterocycles. The third kappa shape index (κ3) is 6.52. The molecule has 2 aromatic rings. The summed E-state index contributed by atoms with van der Waals surface area (Å²) in [5, 5.41) is 3.15. The van der Waals surface area contributed by atoms with Crippen molar-refractivity contribution in [2.45, 2.75) is 65.6 Å². The van der Waals surface area contributed by atoms with E-state index in [0.717, 1.165) is 0 Å². The number of imidazole rings is 1. The van der Waals surface area contributed by atoms with Gasteiger partial charge in [0, 0.05) is 12.1 Å². The van der Waals surface area contributed by atoms with Crippen LogP contribution in [0.15, 0.2) is 18.5 Å². The Labute approximate surface area is 175 Å². The average Bonchev–Trinajstić information content (AvgIpc) is 2.97. The van der Waals surface area contributed by atoms with Gasteiger partial charge in [0.25, 0.3) is 0 Å². The van der Waals surface area contributed by atoms with Gasteiger partial charge in [0.15, 0.2) is 5.75 Å². The quantitative estimate of drug-likeness (QED) is 0.521. The summed E-state index contributed by atoms with van der Waals surface area (Å²) in [6.45, 7) is 11.7. The highest BCUT2D eigenvalue weighted by Gasteiger charge is 2.25. The van der Waals surface area contributed by atoms with Crippen molar-refractivity contribution in [2.75, 3.05) is 6.61 Å². The Hall–Kier alpha value is -2.48. The van der Waals surface area contributed by atoms with E-state index < -0.39 is 23.4 Å². The molecule has 0 saturated carbocycles. The average molecular weight is 426 g/mol. The smallest absolute Gasteiger partial charge is 0.444 e. The van der Waals surface area contributed by atoms with Crippen LogP contribution in [-0.2, 0) is 16.0 Å². The van der Waals surface area contributed by atoms with Gasteiger partial charge in [0.05, 0.1) is 24.0 Å². The molecule has 1 aromatic carbocycles. The van der Waals surface area contributed by atoms with Crippen LogP contribution in [0.4, 0.5) is 9.59 Å². The van der Waals surface area contributed by atoms with E-state index in [1.807, 2.05) is 39.2 Å². The van der Waals surface area contributed by atoms with Gasteiger partial charge in [0.1, 0.15) is 10.6 Å². The van der Waals surface area contributed by atoms with E-state index in [9.17, 15) is 9.59 Å². The first kappa shape index (κ1) is 22.8. The Morgan fingerprint density at radius 2 is 1.90 bits per heavy atom. The number of halogens is 1. The van der Waals surface area contributed by atoms with Gasteiger partial charge in [-0.2, -0.15) is 0 Å². The number of hydrogen-bond acceptors (Lipinski definition) is 6. The zero-order valence-corrected chi connectivity index (χ0v) is 18.4. The van der Waals surface area contributed by atoms with Gasteiger partial charge in [-0.25, -0.2) is 14.6 Å². The van der Waals surface area contributed by atoms with Crippen LogP contribution < -0.4 is 10.1 Å². The first-order valence-electron chi connectivity index (χ1n) is 9.41. The van der Waals surface area contributed by atoms with E-state index >= 15 is 0 Å². The van der Waals surface area contributed by atoms with Crippen LogP contribution >= 0.6 is 11.6 Å². The molecular weight excluding hydrogens is 398 g/mol. The number of nitrogens with zero attached hydrogens (tertiary/aromatic N) is 2. The first-order chi connectivity index (χ1) is 13.4. The van der Waals surface area contributed by atoms with Gasteiger partial charge in [0.2, 0.25) is 0 Å². The third-order valence-electron chi connectivity index (χ3n) is 3.96. The summed E-state index contributed by atoms with van der Waals surface area (Å²) in [6.07, 6.45) is 0.967. The van der Waals surface area contributed by atoms with E-state index in [-0.39, 0.29) is 17.4 Å². The van der Waals surface area contributed by atoms with E-state index in [1.165, 1.54) is 0 Å². The Bertz CT molecular complexity index is 886. The normalized spacial score (nSPS) is 12.0. The number of carbonyl (C=O) groups is 2. The molecule has 0 unspecified atom stereocenters. The predicted molar refractivity (Wildman–Crippen MR) is 110 cm³/mol. The number of fused-ring (bicyclic) bond motifs is 1. The number of benzene rings is 1. The van der Waals surface area contributed by atoms with E-state index in [4.69, 9.17) is 25.8 Å². The molecule has 0 fully saturated rings. The number of hydrogen-bond donors (Lipinski definition) is 1. The fourth-order valence-corrected chi connectivity index (χ4v) is 2.94. The highest BCUT2D eigenvalue weighted by molar-refractivity contribution is 6.36. The lowest BCUT2D eigenvalue weighted by atomic mass is 10.0. The predicted octanol–water partition coefficient (Wildman–Crippen LogP) is 4.92. The summed E-state index contributed by atoms with van der Waals surface area (Å²) < 4.78 is 17.1. The second-order valence-electron chi connectivity index (χ2n) is 8.23. The number of carbonyl (C=O) groups excluding carboxylic acids is 2. The van der Waals surface area contributed by atoms with Crippen LogP contribution in [0.2, 0.25) is 5.02 Å². The van der Waals surface area contributed by atoms with Gasteiger partial charge in [-0.15, -0.1) is 0 Å². The van der Waals surface area contributed by atoms with Gasteiger partial charge in [-0.05, 0) is 60.1 Å². The Balaban J connectivity index is 2.13. The molecule has 0 atom stereocenters. The molecule has 8 nitrogen and oxygen atoms in total. The molecule has 0 aliphatic carbocycles. The monoisotopic (exact) mass is 425 g/mol.